The molecule has 0 spiro atoms. The van der Waals surface area contributed by atoms with Crippen LogP contribution < -0.4 is 14.8 Å². The number of carbonyl (C=O) groups excluding carboxylic acids is 1. The molecule has 1 aliphatic heterocycles. The fourth-order valence-electron chi connectivity index (χ4n) is 2.97. The van der Waals surface area contributed by atoms with Gasteiger partial charge in [-0.3, -0.25) is 4.79 Å². The fraction of sp³-hybridized carbons (Fsp3) is 0.588. The van der Waals surface area contributed by atoms with Crippen molar-refractivity contribution in [2.24, 2.45) is 0 Å². The Kier molecular flexibility index (Phi) is 5.66. The zero-order valence-electron chi connectivity index (χ0n) is 13.9. The molecule has 0 aliphatic carbocycles. The second-order valence-electron chi connectivity index (χ2n) is 5.65. The monoisotopic (exact) mass is 306 g/mol. The molecule has 0 saturated carbocycles. The number of rotatable bonds is 6. The molecule has 1 N–H and O–H groups in total. The molecule has 1 atom stereocenters. The molecule has 1 heterocycles. The van der Waals surface area contributed by atoms with Crippen LogP contribution in [0, 0.1) is 6.92 Å². The van der Waals surface area contributed by atoms with Crippen LogP contribution in [0.15, 0.2) is 12.1 Å². The smallest absolute Gasteiger partial charge is 0.254 e. The fourth-order valence-corrected chi connectivity index (χ4v) is 2.97. The summed E-state index contributed by atoms with van der Waals surface area (Å²) in [6.07, 6.45) is 1.95. The van der Waals surface area contributed by atoms with Gasteiger partial charge >= 0.3 is 0 Å². The Bertz CT molecular complexity index is 500. The minimum absolute atomic E-state index is 0.0483. The van der Waals surface area contributed by atoms with Gasteiger partial charge in [0.15, 0.2) is 0 Å². The molecule has 1 amide bonds. The Morgan fingerprint density at radius 1 is 1.32 bits per heavy atom. The summed E-state index contributed by atoms with van der Waals surface area (Å²) in [7, 11) is 3.22. The number of hydrogen-bond donors (Lipinski definition) is 1. The molecule has 122 valence electrons. The molecule has 1 saturated heterocycles. The highest BCUT2D eigenvalue weighted by atomic mass is 16.5. The van der Waals surface area contributed by atoms with Crippen LogP contribution in [0.5, 0.6) is 11.5 Å². The van der Waals surface area contributed by atoms with E-state index < -0.39 is 0 Å². The van der Waals surface area contributed by atoms with Crippen LogP contribution in [-0.4, -0.2) is 50.7 Å². The number of nitrogens with one attached hydrogen (secondary N) is 1. The largest absolute Gasteiger partial charge is 0.496 e. The van der Waals surface area contributed by atoms with Gasteiger partial charge in [-0.15, -0.1) is 0 Å². The van der Waals surface area contributed by atoms with E-state index in [-0.39, 0.29) is 11.9 Å². The average Bonchev–Trinajstić information content (AvgIpc) is 3.06. The Morgan fingerprint density at radius 2 is 1.95 bits per heavy atom. The maximum atomic E-state index is 13.0. The molecule has 0 aromatic heterocycles. The van der Waals surface area contributed by atoms with Crippen molar-refractivity contribution in [2.75, 3.05) is 33.9 Å². The van der Waals surface area contributed by atoms with E-state index in [2.05, 4.69) is 12.2 Å². The minimum Gasteiger partial charge on any atom is -0.496 e. The summed E-state index contributed by atoms with van der Waals surface area (Å²) in [5.74, 6) is 1.42. The molecule has 1 unspecified atom stereocenters. The highest BCUT2D eigenvalue weighted by Crippen LogP contribution is 2.30. The zero-order valence-corrected chi connectivity index (χ0v) is 13.9. The van der Waals surface area contributed by atoms with Gasteiger partial charge in [-0.25, -0.2) is 0 Å². The second kappa shape index (κ2) is 7.49. The number of hydrogen-bond acceptors (Lipinski definition) is 4. The van der Waals surface area contributed by atoms with Gasteiger partial charge in [0, 0.05) is 30.3 Å². The Labute approximate surface area is 132 Å². The molecule has 5 heteroatoms. The first-order chi connectivity index (χ1) is 10.6. The van der Waals surface area contributed by atoms with Gasteiger partial charge in [-0.1, -0.05) is 6.92 Å². The number of ether oxygens (including phenoxy) is 2. The van der Waals surface area contributed by atoms with Crippen LogP contribution in [0.3, 0.4) is 0 Å². The molecule has 0 bridgehead atoms. The summed E-state index contributed by atoms with van der Waals surface area (Å²) in [4.78, 5) is 14.9. The third-order valence-corrected chi connectivity index (χ3v) is 4.20. The van der Waals surface area contributed by atoms with E-state index in [0.29, 0.717) is 17.1 Å². The Balaban J connectivity index is 2.33. The second-order valence-corrected chi connectivity index (χ2v) is 5.65. The van der Waals surface area contributed by atoms with Gasteiger partial charge in [0.25, 0.3) is 5.91 Å². The molecule has 0 radical (unpaired) electrons. The van der Waals surface area contributed by atoms with Crippen LogP contribution in [0.4, 0.5) is 0 Å². The molecule has 5 nitrogen and oxygen atoms in total. The van der Waals surface area contributed by atoms with Crippen molar-refractivity contribution >= 4 is 5.91 Å². The molecule has 22 heavy (non-hydrogen) atoms. The maximum absolute atomic E-state index is 13.0. The molecular weight excluding hydrogens is 280 g/mol. The van der Waals surface area contributed by atoms with Gasteiger partial charge in [0.1, 0.15) is 11.5 Å². The lowest BCUT2D eigenvalue weighted by Crippen LogP contribution is -2.42. The normalized spacial score (nSPS) is 17.4. The van der Waals surface area contributed by atoms with Crippen LogP contribution in [0.25, 0.3) is 0 Å². The van der Waals surface area contributed by atoms with Gasteiger partial charge in [0.05, 0.1) is 14.2 Å². The Morgan fingerprint density at radius 3 is 2.41 bits per heavy atom. The van der Waals surface area contributed by atoms with Gasteiger partial charge in [-0.2, -0.15) is 0 Å². The van der Waals surface area contributed by atoms with Crippen molar-refractivity contribution in [3.8, 4) is 11.5 Å². The summed E-state index contributed by atoms with van der Waals surface area (Å²) in [6, 6.07) is 3.89. The van der Waals surface area contributed by atoms with Crippen molar-refractivity contribution in [1.82, 2.24) is 10.2 Å². The van der Waals surface area contributed by atoms with Crippen molar-refractivity contribution in [1.29, 1.82) is 0 Å². The van der Waals surface area contributed by atoms with Crippen LogP contribution in [0.1, 0.15) is 35.7 Å². The lowest BCUT2D eigenvalue weighted by atomic mass is 10.1. The predicted molar refractivity (Wildman–Crippen MR) is 86.9 cm³/mol. The van der Waals surface area contributed by atoms with Crippen molar-refractivity contribution < 1.29 is 14.3 Å². The summed E-state index contributed by atoms with van der Waals surface area (Å²) in [5.41, 5.74) is 1.53. The highest BCUT2D eigenvalue weighted by molar-refractivity contribution is 5.95. The van der Waals surface area contributed by atoms with E-state index in [4.69, 9.17) is 9.47 Å². The standard InChI is InChI=1S/C17H26N2O3/c1-5-8-19(14-6-7-18-11-14)17(20)13-9-15(21-3)12(2)16(10-13)22-4/h9-10,14,18H,5-8,11H2,1-4H3. The van der Waals surface area contributed by atoms with Crippen LogP contribution >= 0.6 is 0 Å². The summed E-state index contributed by atoms with van der Waals surface area (Å²) in [6.45, 7) is 6.63. The van der Waals surface area contributed by atoms with Crippen molar-refractivity contribution in [3.05, 3.63) is 23.3 Å². The summed E-state index contributed by atoms with van der Waals surface area (Å²) in [5, 5.41) is 3.33. The first-order valence-electron chi connectivity index (χ1n) is 7.86. The van der Waals surface area contributed by atoms with Crippen molar-refractivity contribution in [2.45, 2.75) is 32.7 Å². The van der Waals surface area contributed by atoms with E-state index >= 15 is 0 Å². The lowest BCUT2D eigenvalue weighted by molar-refractivity contribution is 0.0691. The average molecular weight is 306 g/mol. The molecule has 1 aromatic rings. The van der Waals surface area contributed by atoms with Gasteiger partial charge in [0.2, 0.25) is 0 Å². The SMILES string of the molecule is CCCN(C(=O)c1cc(OC)c(C)c(OC)c1)C1CCNC1. The third-order valence-electron chi connectivity index (χ3n) is 4.20. The lowest BCUT2D eigenvalue weighted by Gasteiger charge is -2.28. The van der Waals surface area contributed by atoms with Crippen LogP contribution in [-0.2, 0) is 0 Å². The number of methoxy groups -OCH3 is 2. The van der Waals surface area contributed by atoms with E-state index in [9.17, 15) is 4.79 Å². The third kappa shape index (κ3) is 3.35. The molecule has 1 fully saturated rings. The van der Waals surface area contributed by atoms with E-state index in [1.54, 1.807) is 14.2 Å². The first kappa shape index (κ1) is 16.6. The minimum atomic E-state index is 0.0483. The quantitative estimate of drug-likeness (QED) is 0.875. The predicted octanol–water partition coefficient (Wildman–Crippen LogP) is 2.23. The number of amides is 1. The van der Waals surface area contributed by atoms with Crippen LogP contribution in [0.2, 0.25) is 0 Å². The number of nitrogens with zero attached hydrogens (tertiary/aromatic N) is 1. The first-order valence-corrected chi connectivity index (χ1v) is 7.86. The number of benzene rings is 1. The molecule has 1 aliphatic rings. The zero-order chi connectivity index (χ0) is 16.1. The number of carbonyl (C=O) groups is 1. The van der Waals surface area contributed by atoms with E-state index in [1.807, 2.05) is 24.0 Å². The van der Waals surface area contributed by atoms with Gasteiger partial charge < -0.3 is 19.7 Å². The topological polar surface area (TPSA) is 50.8 Å². The summed E-state index contributed by atoms with van der Waals surface area (Å²) >= 11 is 0. The maximum Gasteiger partial charge on any atom is 0.254 e. The Hall–Kier alpha value is -1.75. The molecule has 2 rings (SSSR count). The molecule has 1 aromatic carbocycles. The van der Waals surface area contributed by atoms with E-state index in [1.165, 1.54) is 0 Å². The highest BCUT2D eigenvalue weighted by Gasteiger charge is 2.27. The molecular formula is C17H26N2O3. The van der Waals surface area contributed by atoms with Gasteiger partial charge in [-0.05, 0) is 38.4 Å². The summed E-state index contributed by atoms with van der Waals surface area (Å²) < 4.78 is 10.8. The van der Waals surface area contributed by atoms with E-state index in [0.717, 1.165) is 38.0 Å². The van der Waals surface area contributed by atoms with Crippen molar-refractivity contribution in [3.63, 3.8) is 0 Å².